The van der Waals surface area contributed by atoms with Gasteiger partial charge >= 0.3 is 0 Å². The lowest BCUT2D eigenvalue weighted by Crippen LogP contribution is -2.26. The maximum atomic E-state index is 10.6. The van der Waals surface area contributed by atoms with E-state index in [1.54, 1.807) is 0 Å². The Morgan fingerprint density at radius 1 is 1.38 bits per heavy atom. The molecule has 5 heteroatoms. The molecule has 0 bridgehead atoms. The number of carbonyl (C=O) groups is 1. The molecule has 1 aromatic heterocycles. The second kappa shape index (κ2) is 6.05. The highest BCUT2D eigenvalue weighted by Crippen LogP contribution is 2.06. The topological polar surface area (TPSA) is 66.9 Å². The molecule has 5 nitrogen and oxygen atoms in total. The van der Waals surface area contributed by atoms with Gasteiger partial charge in [-0.05, 0) is 13.3 Å². The Morgan fingerprint density at radius 3 is 2.75 bits per heavy atom. The number of nitrogens with zero attached hydrogens (tertiary/aromatic N) is 2. The molecule has 88 valence electrons. The van der Waals surface area contributed by atoms with Gasteiger partial charge in [-0.2, -0.15) is 0 Å². The van der Waals surface area contributed by atoms with Gasteiger partial charge in [0.2, 0.25) is 5.91 Å². The maximum absolute atomic E-state index is 10.6. The smallest absolute Gasteiger partial charge is 0.216 e. The first-order chi connectivity index (χ1) is 7.61. The van der Waals surface area contributed by atoms with Crippen LogP contribution in [0.2, 0.25) is 0 Å². The zero-order valence-corrected chi connectivity index (χ0v) is 10.0. The summed E-state index contributed by atoms with van der Waals surface area (Å²) in [7, 11) is 0. The van der Waals surface area contributed by atoms with E-state index in [4.69, 9.17) is 0 Å². The van der Waals surface area contributed by atoms with Crippen molar-refractivity contribution in [2.45, 2.75) is 27.2 Å². The van der Waals surface area contributed by atoms with Crippen molar-refractivity contribution in [2.75, 3.05) is 18.4 Å². The first-order valence-electron chi connectivity index (χ1n) is 5.44. The molecule has 0 atom stereocenters. The van der Waals surface area contributed by atoms with Crippen LogP contribution in [0.5, 0.6) is 0 Å². The van der Waals surface area contributed by atoms with Crippen molar-refractivity contribution in [1.29, 1.82) is 0 Å². The first kappa shape index (κ1) is 12.4. The molecule has 0 aliphatic heterocycles. The van der Waals surface area contributed by atoms with Crippen molar-refractivity contribution in [3.63, 3.8) is 0 Å². The second-order valence-corrected chi connectivity index (χ2v) is 3.56. The van der Waals surface area contributed by atoms with Gasteiger partial charge in [0.25, 0.3) is 0 Å². The third kappa shape index (κ3) is 4.25. The van der Waals surface area contributed by atoms with Crippen molar-refractivity contribution < 1.29 is 4.79 Å². The van der Waals surface area contributed by atoms with Gasteiger partial charge in [-0.1, -0.05) is 6.92 Å². The minimum Gasteiger partial charge on any atom is -0.368 e. The van der Waals surface area contributed by atoms with Crippen LogP contribution < -0.4 is 10.6 Å². The number of anilines is 1. The van der Waals surface area contributed by atoms with E-state index in [0.717, 1.165) is 23.8 Å². The van der Waals surface area contributed by atoms with Crippen LogP contribution in [0.1, 0.15) is 25.4 Å². The molecule has 0 radical (unpaired) electrons. The lowest BCUT2D eigenvalue weighted by atomic mass is 10.3. The number of hydrogen-bond acceptors (Lipinski definition) is 4. The molecule has 2 N–H and O–H groups in total. The van der Waals surface area contributed by atoms with Crippen LogP contribution in [0.15, 0.2) is 6.07 Å². The van der Waals surface area contributed by atoms with Gasteiger partial charge in [-0.15, -0.1) is 0 Å². The van der Waals surface area contributed by atoms with Gasteiger partial charge < -0.3 is 10.6 Å². The van der Waals surface area contributed by atoms with Gasteiger partial charge in [-0.25, -0.2) is 9.97 Å². The van der Waals surface area contributed by atoms with E-state index in [1.165, 1.54) is 6.92 Å². The summed E-state index contributed by atoms with van der Waals surface area (Å²) in [5, 5.41) is 5.86. The third-order valence-electron chi connectivity index (χ3n) is 2.06. The van der Waals surface area contributed by atoms with Crippen LogP contribution in [0.3, 0.4) is 0 Å². The average Bonchev–Trinajstić information content (AvgIpc) is 2.23. The average molecular weight is 222 g/mol. The minimum absolute atomic E-state index is 0.0186. The molecule has 0 saturated carbocycles. The molecule has 0 aliphatic rings. The maximum Gasteiger partial charge on any atom is 0.216 e. The zero-order chi connectivity index (χ0) is 12.0. The standard InChI is InChI=1S/C11H18N4O/c1-4-10-7-11(15-8(2)14-10)13-6-5-12-9(3)16/h7H,4-6H2,1-3H3,(H,12,16)(H,13,14,15). The largest absolute Gasteiger partial charge is 0.368 e. The van der Waals surface area contributed by atoms with Crippen molar-refractivity contribution in [3.05, 3.63) is 17.6 Å². The van der Waals surface area contributed by atoms with Crippen LogP contribution in [-0.4, -0.2) is 29.0 Å². The molecule has 1 heterocycles. The summed E-state index contributed by atoms with van der Waals surface area (Å²) >= 11 is 0. The minimum atomic E-state index is -0.0186. The van der Waals surface area contributed by atoms with Gasteiger partial charge in [0.1, 0.15) is 11.6 Å². The van der Waals surface area contributed by atoms with Crippen LogP contribution in [0.4, 0.5) is 5.82 Å². The predicted molar refractivity (Wildman–Crippen MR) is 63.3 cm³/mol. The quantitative estimate of drug-likeness (QED) is 0.726. The van der Waals surface area contributed by atoms with E-state index in [2.05, 4.69) is 27.5 Å². The fraction of sp³-hybridized carbons (Fsp3) is 0.545. The van der Waals surface area contributed by atoms with E-state index < -0.39 is 0 Å². The summed E-state index contributed by atoms with van der Waals surface area (Å²) < 4.78 is 0. The van der Waals surface area contributed by atoms with E-state index in [0.29, 0.717) is 13.1 Å². The van der Waals surface area contributed by atoms with Crippen LogP contribution in [0.25, 0.3) is 0 Å². The molecular formula is C11H18N4O. The van der Waals surface area contributed by atoms with Crippen molar-refractivity contribution in [3.8, 4) is 0 Å². The highest BCUT2D eigenvalue weighted by atomic mass is 16.1. The summed E-state index contributed by atoms with van der Waals surface area (Å²) in [5.74, 6) is 1.56. The summed E-state index contributed by atoms with van der Waals surface area (Å²) in [6, 6.07) is 1.93. The number of hydrogen-bond donors (Lipinski definition) is 2. The molecule has 1 rings (SSSR count). The number of amides is 1. The summed E-state index contributed by atoms with van der Waals surface area (Å²) in [4.78, 5) is 19.2. The molecule has 1 amide bonds. The molecular weight excluding hydrogens is 204 g/mol. The Bertz CT molecular complexity index is 365. The van der Waals surface area contributed by atoms with Crippen molar-refractivity contribution in [1.82, 2.24) is 15.3 Å². The molecule has 0 aliphatic carbocycles. The monoisotopic (exact) mass is 222 g/mol. The van der Waals surface area contributed by atoms with Crippen molar-refractivity contribution in [2.24, 2.45) is 0 Å². The van der Waals surface area contributed by atoms with Gasteiger partial charge in [0.15, 0.2) is 0 Å². The van der Waals surface area contributed by atoms with Crippen molar-refractivity contribution >= 4 is 11.7 Å². The normalized spacial score (nSPS) is 9.94. The molecule has 0 saturated heterocycles. The molecule has 0 unspecified atom stereocenters. The number of nitrogens with one attached hydrogen (secondary N) is 2. The van der Waals surface area contributed by atoms with Crippen LogP contribution >= 0.6 is 0 Å². The predicted octanol–water partition coefficient (Wildman–Crippen LogP) is 0.895. The highest BCUT2D eigenvalue weighted by Gasteiger charge is 1.99. The van der Waals surface area contributed by atoms with Gasteiger partial charge in [0, 0.05) is 31.8 Å². The molecule has 1 aromatic rings. The first-order valence-corrected chi connectivity index (χ1v) is 5.44. The van der Waals surface area contributed by atoms with Gasteiger partial charge in [-0.3, -0.25) is 4.79 Å². The molecule has 0 fully saturated rings. The summed E-state index contributed by atoms with van der Waals surface area (Å²) in [6.07, 6.45) is 0.893. The molecule has 0 spiro atoms. The lowest BCUT2D eigenvalue weighted by Gasteiger charge is -2.07. The Kier molecular flexibility index (Phi) is 4.69. The Morgan fingerprint density at radius 2 is 2.12 bits per heavy atom. The number of carbonyl (C=O) groups excluding carboxylic acids is 1. The lowest BCUT2D eigenvalue weighted by molar-refractivity contribution is -0.118. The second-order valence-electron chi connectivity index (χ2n) is 3.56. The highest BCUT2D eigenvalue weighted by molar-refractivity contribution is 5.72. The fourth-order valence-electron chi connectivity index (χ4n) is 1.33. The zero-order valence-electron chi connectivity index (χ0n) is 10.0. The van der Waals surface area contributed by atoms with E-state index in [1.807, 2.05) is 13.0 Å². The Balaban J connectivity index is 2.47. The number of aryl methyl sites for hydroxylation is 2. The number of aromatic nitrogens is 2. The summed E-state index contributed by atoms with van der Waals surface area (Å²) in [6.45, 7) is 6.70. The number of rotatable bonds is 5. The Hall–Kier alpha value is -1.65. The third-order valence-corrected chi connectivity index (χ3v) is 2.06. The molecule has 16 heavy (non-hydrogen) atoms. The Labute approximate surface area is 95.7 Å². The SMILES string of the molecule is CCc1cc(NCCNC(C)=O)nc(C)n1. The van der Waals surface area contributed by atoms with E-state index in [-0.39, 0.29) is 5.91 Å². The van der Waals surface area contributed by atoms with Crippen LogP contribution in [0, 0.1) is 6.92 Å². The van der Waals surface area contributed by atoms with Crippen LogP contribution in [-0.2, 0) is 11.2 Å². The van der Waals surface area contributed by atoms with E-state index >= 15 is 0 Å². The van der Waals surface area contributed by atoms with Gasteiger partial charge in [0.05, 0.1) is 0 Å². The van der Waals surface area contributed by atoms with E-state index in [9.17, 15) is 4.79 Å². The fourth-order valence-corrected chi connectivity index (χ4v) is 1.33. The summed E-state index contributed by atoms with van der Waals surface area (Å²) in [5.41, 5.74) is 1.02. The molecule has 0 aromatic carbocycles.